The van der Waals surface area contributed by atoms with Crippen molar-refractivity contribution in [3.8, 4) is 11.3 Å². The van der Waals surface area contributed by atoms with Crippen LogP contribution in [-0.4, -0.2) is 4.98 Å². The summed E-state index contributed by atoms with van der Waals surface area (Å²) in [5.74, 6) is 1.70. The number of nitrogens with zero attached hydrogens (tertiary/aromatic N) is 1. The standard InChI is InChI=1S/C21H17FN2O2/c22-17-10-8-15(9-11-17)19-13-23-20(26-19)14-24-21(18-7-4-12-25-18)16-5-2-1-3-6-16/h1-13,21,24H,14H2/t21-/m0/s1. The minimum Gasteiger partial charge on any atom is -0.467 e. The molecule has 1 N–H and O–H groups in total. The van der Waals surface area contributed by atoms with E-state index in [-0.39, 0.29) is 11.9 Å². The van der Waals surface area contributed by atoms with Gasteiger partial charge in [0.15, 0.2) is 5.76 Å². The molecule has 5 heteroatoms. The molecule has 0 aliphatic heterocycles. The minimum absolute atomic E-state index is 0.104. The molecule has 0 amide bonds. The summed E-state index contributed by atoms with van der Waals surface area (Å²) in [6.07, 6.45) is 3.30. The highest BCUT2D eigenvalue weighted by Gasteiger charge is 2.17. The maximum atomic E-state index is 13.0. The Morgan fingerprint density at radius 2 is 1.77 bits per heavy atom. The molecule has 4 aromatic rings. The average molecular weight is 348 g/mol. The molecule has 26 heavy (non-hydrogen) atoms. The zero-order valence-electron chi connectivity index (χ0n) is 13.9. The van der Waals surface area contributed by atoms with Gasteiger partial charge in [0.05, 0.1) is 25.0 Å². The van der Waals surface area contributed by atoms with Crippen LogP contribution in [0.2, 0.25) is 0 Å². The van der Waals surface area contributed by atoms with E-state index >= 15 is 0 Å². The van der Waals surface area contributed by atoms with E-state index in [1.54, 1.807) is 24.6 Å². The molecule has 4 rings (SSSR count). The molecule has 0 unspecified atom stereocenters. The van der Waals surface area contributed by atoms with Crippen LogP contribution in [0.25, 0.3) is 11.3 Å². The molecule has 0 bridgehead atoms. The zero-order valence-corrected chi connectivity index (χ0v) is 13.9. The Balaban J connectivity index is 1.51. The van der Waals surface area contributed by atoms with Gasteiger partial charge in [-0.1, -0.05) is 30.3 Å². The first kappa shape index (κ1) is 16.3. The van der Waals surface area contributed by atoms with E-state index in [4.69, 9.17) is 8.83 Å². The summed E-state index contributed by atoms with van der Waals surface area (Å²) in [7, 11) is 0. The fraction of sp³-hybridized carbons (Fsp3) is 0.0952. The molecule has 130 valence electrons. The third-order valence-corrected chi connectivity index (χ3v) is 4.10. The molecular weight excluding hydrogens is 331 g/mol. The van der Waals surface area contributed by atoms with Crippen molar-refractivity contribution in [2.45, 2.75) is 12.6 Å². The molecular formula is C21H17FN2O2. The van der Waals surface area contributed by atoms with Gasteiger partial charge in [0.2, 0.25) is 5.89 Å². The van der Waals surface area contributed by atoms with Crippen LogP contribution < -0.4 is 5.32 Å². The monoisotopic (exact) mass is 348 g/mol. The first-order valence-electron chi connectivity index (χ1n) is 8.32. The molecule has 0 radical (unpaired) electrons. The summed E-state index contributed by atoms with van der Waals surface area (Å²) in [4.78, 5) is 4.31. The highest BCUT2D eigenvalue weighted by molar-refractivity contribution is 5.55. The first-order valence-corrected chi connectivity index (χ1v) is 8.32. The van der Waals surface area contributed by atoms with Gasteiger partial charge in [0.25, 0.3) is 0 Å². The number of hydrogen-bond acceptors (Lipinski definition) is 4. The first-order chi connectivity index (χ1) is 12.8. The van der Waals surface area contributed by atoms with E-state index in [0.29, 0.717) is 18.2 Å². The third kappa shape index (κ3) is 3.58. The van der Waals surface area contributed by atoms with E-state index in [2.05, 4.69) is 10.3 Å². The van der Waals surface area contributed by atoms with Gasteiger partial charge in [-0.3, -0.25) is 5.32 Å². The van der Waals surface area contributed by atoms with Crippen molar-refractivity contribution >= 4 is 0 Å². The van der Waals surface area contributed by atoms with Crippen LogP contribution >= 0.6 is 0 Å². The van der Waals surface area contributed by atoms with Crippen molar-refractivity contribution < 1.29 is 13.2 Å². The predicted molar refractivity (Wildman–Crippen MR) is 95.7 cm³/mol. The van der Waals surface area contributed by atoms with Crippen molar-refractivity contribution in [2.75, 3.05) is 0 Å². The van der Waals surface area contributed by atoms with Crippen molar-refractivity contribution in [3.63, 3.8) is 0 Å². The maximum absolute atomic E-state index is 13.0. The molecule has 1 atom stereocenters. The highest BCUT2D eigenvalue weighted by atomic mass is 19.1. The number of furan rings is 1. The molecule has 2 aromatic carbocycles. The zero-order chi connectivity index (χ0) is 17.8. The summed E-state index contributed by atoms with van der Waals surface area (Å²) < 4.78 is 24.4. The lowest BCUT2D eigenvalue weighted by molar-refractivity contribution is 0.416. The van der Waals surface area contributed by atoms with E-state index in [9.17, 15) is 4.39 Å². The van der Waals surface area contributed by atoms with Crippen LogP contribution in [0.15, 0.2) is 88.0 Å². The lowest BCUT2D eigenvalue weighted by Gasteiger charge is -2.16. The number of oxazole rings is 1. The third-order valence-electron chi connectivity index (χ3n) is 4.10. The number of aromatic nitrogens is 1. The molecule has 0 aliphatic rings. The summed E-state index contributed by atoms with van der Waals surface area (Å²) in [5.41, 5.74) is 1.88. The fourth-order valence-electron chi connectivity index (χ4n) is 2.81. The second-order valence-electron chi connectivity index (χ2n) is 5.87. The lowest BCUT2D eigenvalue weighted by atomic mass is 10.0. The van der Waals surface area contributed by atoms with E-state index in [0.717, 1.165) is 16.9 Å². The largest absolute Gasteiger partial charge is 0.467 e. The topological polar surface area (TPSA) is 51.2 Å². The molecule has 0 saturated carbocycles. The number of hydrogen-bond donors (Lipinski definition) is 1. The molecule has 2 aromatic heterocycles. The Morgan fingerprint density at radius 3 is 2.50 bits per heavy atom. The molecule has 2 heterocycles. The average Bonchev–Trinajstić information content (AvgIpc) is 3.36. The van der Waals surface area contributed by atoms with Crippen LogP contribution in [0.4, 0.5) is 4.39 Å². The second kappa shape index (κ2) is 7.37. The Labute approximate surface area is 150 Å². The fourth-order valence-corrected chi connectivity index (χ4v) is 2.81. The SMILES string of the molecule is Fc1ccc(-c2cnc(CN[C@@H](c3ccccc3)c3ccco3)o2)cc1. The van der Waals surface area contributed by atoms with Crippen molar-refractivity contribution in [3.05, 3.63) is 102 Å². The summed E-state index contributed by atoms with van der Waals surface area (Å²) >= 11 is 0. The molecule has 4 nitrogen and oxygen atoms in total. The summed E-state index contributed by atoms with van der Waals surface area (Å²) in [5, 5.41) is 3.42. The number of rotatable bonds is 6. The van der Waals surface area contributed by atoms with Crippen LogP contribution in [0.1, 0.15) is 23.3 Å². The molecule has 0 spiro atoms. The van der Waals surface area contributed by atoms with E-state index in [1.807, 2.05) is 42.5 Å². The van der Waals surface area contributed by atoms with Crippen molar-refractivity contribution in [2.24, 2.45) is 0 Å². The van der Waals surface area contributed by atoms with Gasteiger partial charge >= 0.3 is 0 Å². The molecule has 0 fully saturated rings. The van der Waals surface area contributed by atoms with Gasteiger partial charge < -0.3 is 8.83 Å². The lowest BCUT2D eigenvalue weighted by Crippen LogP contribution is -2.21. The van der Waals surface area contributed by atoms with Gasteiger partial charge in [0.1, 0.15) is 11.6 Å². The van der Waals surface area contributed by atoms with Crippen LogP contribution in [0.3, 0.4) is 0 Å². The van der Waals surface area contributed by atoms with Gasteiger partial charge in [-0.2, -0.15) is 0 Å². The van der Waals surface area contributed by atoms with Crippen LogP contribution in [0.5, 0.6) is 0 Å². The maximum Gasteiger partial charge on any atom is 0.208 e. The van der Waals surface area contributed by atoms with Crippen molar-refractivity contribution in [1.82, 2.24) is 10.3 Å². The predicted octanol–water partition coefficient (Wildman–Crippen LogP) is 4.95. The number of benzene rings is 2. The summed E-state index contributed by atoms with van der Waals surface area (Å²) in [6.45, 7) is 0.432. The van der Waals surface area contributed by atoms with Gasteiger partial charge in [-0.15, -0.1) is 0 Å². The van der Waals surface area contributed by atoms with E-state index < -0.39 is 0 Å². The highest BCUT2D eigenvalue weighted by Crippen LogP contribution is 2.24. The van der Waals surface area contributed by atoms with Crippen molar-refractivity contribution in [1.29, 1.82) is 0 Å². The number of halogens is 1. The van der Waals surface area contributed by atoms with Crippen LogP contribution in [-0.2, 0) is 6.54 Å². The normalized spacial score (nSPS) is 12.2. The van der Waals surface area contributed by atoms with Crippen LogP contribution in [0, 0.1) is 5.82 Å². The van der Waals surface area contributed by atoms with Gasteiger partial charge in [-0.25, -0.2) is 9.37 Å². The minimum atomic E-state index is -0.278. The smallest absolute Gasteiger partial charge is 0.208 e. The summed E-state index contributed by atoms with van der Waals surface area (Å²) in [6, 6.07) is 19.9. The molecule has 0 saturated heterocycles. The Bertz CT molecular complexity index is 947. The Morgan fingerprint density at radius 1 is 0.962 bits per heavy atom. The van der Waals surface area contributed by atoms with E-state index in [1.165, 1.54) is 12.1 Å². The Kier molecular flexibility index (Phi) is 4.62. The quantitative estimate of drug-likeness (QED) is 0.535. The number of nitrogens with one attached hydrogen (secondary N) is 1. The van der Waals surface area contributed by atoms with Gasteiger partial charge in [0, 0.05) is 5.56 Å². The Hall–Kier alpha value is -3.18. The van der Waals surface area contributed by atoms with Gasteiger partial charge in [-0.05, 0) is 42.0 Å². The molecule has 0 aliphatic carbocycles. The second-order valence-corrected chi connectivity index (χ2v) is 5.87.